The number of carbonyl (C=O) groups is 1. The third-order valence-electron chi connectivity index (χ3n) is 10.1. The number of hydrogen-bond donors (Lipinski definition) is 3. The van der Waals surface area contributed by atoms with Crippen molar-refractivity contribution in [1.82, 2.24) is 25.7 Å². The summed E-state index contributed by atoms with van der Waals surface area (Å²) in [5.74, 6) is 5.24. The predicted octanol–water partition coefficient (Wildman–Crippen LogP) is 4.83. The number of carbonyl (C=O) groups excluding carboxylic acids is 1. The lowest BCUT2D eigenvalue weighted by Gasteiger charge is -2.54. The van der Waals surface area contributed by atoms with Crippen molar-refractivity contribution < 1.29 is 9.53 Å². The standard InChI is InChI=1S/C29H47N5O2.2ClH/c35-28(33-27-24-13-22-12-23(15-24)16-25(27)14-22)26-18-32-34(11-10-31-17-20-6-8-30-9-7-20)29(26)36-19-21-4-2-1-3-5-21;;/h18,20-25,27,30-31H,1-17,19H2,(H,33,35);2*1H. The van der Waals surface area contributed by atoms with Gasteiger partial charge in [-0.2, -0.15) is 5.10 Å². The monoisotopic (exact) mass is 569 g/mol. The van der Waals surface area contributed by atoms with Gasteiger partial charge in [-0.3, -0.25) is 4.79 Å². The maximum absolute atomic E-state index is 13.6. The highest BCUT2D eigenvalue weighted by Gasteiger charge is 2.48. The van der Waals surface area contributed by atoms with E-state index in [0.717, 1.165) is 50.5 Å². The lowest BCUT2D eigenvalue weighted by Crippen LogP contribution is -2.55. The van der Waals surface area contributed by atoms with Crippen LogP contribution in [0.1, 0.15) is 87.4 Å². The first-order chi connectivity index (χ1) is 17.7. The van der Waals surface area contributed by atoms with Crippen molar-refractivity contribution in [2.45, 2.75) is 89.6 Å². The lowest BCUT2D eigenvalue weighted by atomic mass is 9.54. The summed E-state index contributed by atoms with van der Waals surface area (Å²) in [6.45, 7) is 5.60. The van der Waals surface area contributed by atoms with Crippen LogP contribution in [0.15, 0.2) is 6.20 Å². The fraction of sp³-hybridized carbons (Fsp3) is 0.862. The van der Waals surface area contributed by atoms with Gasteiger partial charge in [-0.25, -0.2) is 4.68 Å². The Morgan fingerprint density at radius 3 is 2.32 bits per heavy atom. The molecule has 216 valence electrons. The zero-order valence-electron chi connectivity index (χ0n) is 22.9. The molecule has 3 N–H and O–H groups in total. The summed E-state index contributed by atoms with van der Waals surface area (Å²) in [5, 5.41) is 15.2. The van der Waals surface area contributed by atoms with Gasteiger partial charge in [-0.15, -0.1) is 24.8 Å². The molecule has 0 atom stereocenters. The van der Waals surface area contributed by atoms with Crippen molar-refractivity contribution in [3.05, 3.63) is 11.8 Å². The average Bonchev–Trinajstić information content (AvgIpc) is 3.31. The van der Waals surface area contributed by atoms with Crippen LogP contribution in [-0.4, -0.2) is 54.5 Å². The Bertz CT molecular complexity index is 856. The van der Waals surface area contributed by atoms with Crippen molar-refractivity contribution >= 4 is 30.7 Å². The van der Waals surface area contributed by atoms with Crippen molar-refractivity contribution in [1.29, 1.82) is 0 Å². The maximum atomic E-state index is 13.6. The minimum absolute atomic E-state index is 0. The van der Waals surface area contributed by atoms with Crippen LogP contribution < -0.4 is 20.7 Å². The normalized spacial score (nSPS) is 30.9. The zero-order chi connectivity index (χ0) is 24.3. The number of hydrogen-bond acceptors (Lipinski definition) is 5. The molecule has 0 radical (unpaired) electrons. The molecule has 38 heavy (non-hydrogen) atoms. The summed E-state index contributed by atoms with van der Waals surface area (Å²) in [5.41, 5.74) is 0.637. The summed E-state index contributed by atoms with van der Waals surface area (Å²) in [4.78, 5) is 13.6. The Kier molecular flexibility index (Phi) is 11.1. The summed E-state index contributed by atoms with van der Waals surface area (Å²) < 4.78 is 8.36. The average molecular weight is 571 g/mol. The Hall–Kier alpha value is -1.02. The summed E-state index contributed by atoms with van der Waals surface area (Å²) >= 11 is 0. The first-order valence-electron chi connectivity index (χ1n) is 15.1. The fourth-order valence-corrected chi connectivity index (χ4v) is 8.36. The van der Waals surface area contributed by atoms with Crippen molar-refractivity contribution in [3.8, 4) is 5.88 Å². The summed E-state index contributed by atoms with van der Waals surface area (Å²) in [6, 6.07) is 0.339. The van der Waals surface area contributed by atoms with Crippen LogP contribution in [0.5, 0.6) is 5.88 Å². The first-order valence-corrected chi connectivity index (χ1v) is 15.1. The number of nitrogens with zero attached hydrogens (tertiary/aromatic N) is 2. The van der Waals surface area contributed by atoms with Gasteiger partial charge in [0, 0.05) is 12.6 Å². The Morgan fingerprint density at radius 1 is 0.947 bits per heavy atom. The highest BCUT2D eigenvalue weighted by atomic mass is 35.5. The number of piperidine rings is 1. The van der Waals surface area contributed by atoms with Gasteiger partial charge < -0.3 is 20.7 Å². The van der Waals surface area contributed by atoms with Crippen molar-refractivity contribution in [3.63, 3.8) is 0 Å². The second-order valence-corrected chi connectivity index (χ2v) is 12.7. The highest BCUT2D eigenvalue weighted by molar-refractivity contribution is 5.96. The molecular weight excluding hydrogens is 521 g/mol. The molecule has 1 amide bonds. The lowest BCUT2D eigenvalue weighted by molar-refractivity contribution is -0.0120. The molecule has 0 spiro atoms. The zero-order valence-corrected chi connectivity index (χ0v) is 24.5. The van der Waals surface area contributed by atoms with E-state index in [1.807, 2.05) is 4.68 Å². The third-order valence-corrected chi connectivity index (χ3v) is 10.1. The summed E-state index contributed by atoms with van der Waals surface area (Å²) in [7, 11) is 0. The van der Waals surface area contributed by atoms with Crippen LogP contribution in [0, 0.1) is 35.5 Å². The molecule has 6 aliphatic rings. The van der Waals surface area contributed by atoms with E-state index in [0.29, 0.717) is 41.8 Å². The van der Waals surface area contributed by atoms with Crippen LogP contribution in [-0.2, 0) is 6.54 Å². The number of rotatable bonds is 10. The molecule has 0 aromatic carbocycles. The Balaban J connectivity index is 0.00000168. The molecule has 1 saturated heterocycles. The molecule has 7 nitrogen and oxygen atoms in total. The van der Waals surface area contributed by atoms with E-state index in [9.17, 15) is 4.79 Å². The largest absolute Gasteiger partial charge is 0.477 e. The predicted molar refractivity (Wildman–Crippen MR) is 156 cm³/mol. The number of amides is 1. The molecule has 1 aromatic heterocycles. The van der Waals surface area contributed by atoms with Gasteiger partial charge in [-0.05, 0) is 113 Å². The van der Waals surface area contributed by atoms with Gasteiger partial charge in [0.1, 0.15) is 5.56 Å². The second-order valence-electron chi connectivity index (χ2n) is 12.7. The topological polar surface area (TPSA) is 80.2 Å². The first kappa shape index (κ1) is 30.0. The molecule has 2 heterocycles. The second kappa shape index (κ2) is 14.0. The van der Waals surface area contributed by atoms with E-state index in [4.69, 9.17) is 4.74 Å². The van der Waals surface area contributed by atoms with E-state index in [1.54, 1.807) is 6.20 Å². The van der Waals surface area contributed by atoms with Crippen LogP contribution in [0.25, 0.3) is 0 Å². The van der Waals surface area contributed by atoms with Gasteiger partial charge in [0.05, 0.1) is 19.3 Å². The van der Waals surface area contributed by atoms with Crippen LogP contribution in [0.4, 0.5) is 0 Å². The van der Waals surface area contributed by atoms with E-state index in [1.165, 1.54) is 77.0 Å². The van der Waals surface area contributed by atoms with Gasteiger partial charge in [0.2, 0.25) is 5.88 Å². The van der Waals surface area contributed by atoms with Gasteiger partial charge in [-0.1, -0.05) is 19.3 Å². The number of aromatic nitrogens is 2. The van der Waals surface area contributed by atoms with Gasteiger partial charge in [0.25, 0.3) is 5.91 Å². The molecular formula is C29H49Cl2N5O2. The molecule has 5 saturated carbocycles. The van der Waals surface area contributed by atoms with Gasteiger partial charge >= 0.3 is 0 Å². The molecule has 0 unspecified atom stereocenters. The minimum Gasteiger partial charge on any atom is -0.477 e. The van der Waals surface area contributed by atoms with E-state index in [2.05, 4.69) is 21.0 Å². The van der Waals surface area contributed by atoms with Crippen molar-refractivity contribution in [2.75, 3.05) is 32.8 Å². The molecule has 7 rings (SSSR count). The molecule has 5 aliphatic carbocycles. The van der Waals surface area contributed by atoms with Crippen molar-refractivity contribution in [2.24, 2.45) is 35.5 Å². The smallest absolute Gasteiger partial charge is 0.258 e. The molecule has 1 aliphatic heterocycles. The SMILES string of the molecule is Cl.Cl.O=C(NC1C2CC3CC(C2)CC1C3)c1cnn(CCNCC2CCNCC2)c1OCC1CCCCC1. The molecule has 1 aromatic rings. The fourth-order valence-electron chi connectivity index (χ4n) is 8.36. The van der Waals surface area contributed by atoms with Crippen LogP contribution in [0.2, 0.25) is 0 Å². The number of ether oxygens (including phenoxy) is 1. The third kappa shape index (κ3) is 7.00. The van der Waals surface area contributed by atoms with E-state index >= 15 is 0 Å². The molecule has 9 heteroatoms. The van der Waals surface area contributed by atoms with E-state index < -0.39 is 0 Å². The quantitative estimate of drug-likeness (QED) is 0.352. The molecule has 4 bridgehead atoms. The minimum atomic E-state index is 0. The van der Waals surface area contributed by atoms with Crippen LogP contribution >= 0.6 is 24.8 Å². The summed E-state index contributed by atoms with van der Waals surface area (Å²) in [6.07, 6.45) is 17.4. The van der Waals surface area contributed by atoms with Crippen LogP contribution in [0.3, 0.4) is 0 Å². The highest BCUT2D eigenvalue weighted by Crippen LogP contribution is 2.53. The van der Waals surface area contributed by atoms with Gasteiger partial charge in [0.15, 0.2) is 0 Å². The Morgan fingerprint density at radius 2 is 1.63 bits per heavy atom. The maximum Gasteiger partial charge on any atom is 0.258 e. The number of halogens is 2. The molecule has 6 fully saturated rings. The Labute approximate surface area is 241 Å². The number of nitrogens with one attached hydrogen (secondary N) is 3. The van der Waals surface area contributed by atoms with E-state index in [-0.39, 0.29) is 30.7 Å².